The smallest absolute Gasteiger partial charge is 0.241 e. The highest BCUT2D eigenvalue weighted by molar-refractivity contribution is 7.89. The van der Waals surface area contributed by atoms with Gasteiger partial charge in [0.15, 0.2) is 0 Å². The first-order valence-electron chi connectivity index (χ1n) is 3.78. The summed E-state index contributed by atoms with van der Waals surface area (Å²) in [5.74, 6) is 0. The Morgan fingerprint density at radius 2 is 2.36 bits per heavy atom. The molecule has 0 unspecified atom stereocenters. The van der Waals surface area contributed by atoms with Crippen molar-refractivity contribution < 1.29 is 8.42 Å². The van der Waals surface area contributed by atoms with Gasteiger partial charge in [-0.25, -0.2) is 18.1 Å². The van der Waals surface area contributed by atoms with E-state index in [-0.39, 0.29) is 16.6 Å². The summed E-state index contributed by atoms with van der Waals surface area (Å²) in [7, 11) is -3.49. The topological polar surface area (TPSA) is 59.1 Å². The molecular weight excluding hydrogens is 224 g/mol. The van der Waals surface area contributed by atoms with Gasteiger partial charge in [0.05, 0.1) is 4.90 Å². The summed E-state index contributed by atoms with van der Waals surface area (Å²) in [4.78, 5) is 3.78. The first-order chi connectivity index (χ1) is 6.56. The van der Waals surface area contributed by atoms with Crippen LogP contribution in [0.1, 0.15) is 0 Å². The fourth-order valence-electron chi connectivity index (χ4n) is 0.804. The Kier molecular flexibility index (Phi) is 3.62. The third-order valence-corrected chi connectivity index (χ3v) is 3.05. The molecule has 0 aromatic carbocycles. The van der Waals surface area contributed by atoms with Crippen LogP contribution in [0.2, 0.25) is 5.15 Å². The summed E-state index contributed by atoms with van der Waals surface area (Å²) in [6, 6.07) is 2.66. The van der Waals surface area contributed by atoms with E-state index in [1.165, 1.54) is 24.4 Å². The Balaban J connectivity index is 2.98. The van der Waals surface area contributed by atoms with Crippen molar-refractivity contribution in [2.24, 2.45) is 0 Å². The van der Waals surface area contributed by atoms with Crippen molar-refractivity contribution >= 4 is 21.6 Å². The summed E-state index contributed by atoms with van der Waals surface area (Å²) >= 11 is 5.56. The van der Waals surface area contributed by atoms with E-state index in [2.05, 4.69) is 16.3 Å². The zero-order valence-corrected chi connectivity index (χ0v) is 8.85. The minimum Gasteiger partial charge on any atom is -0.244 e. The fourth-order valence-corrected chi connectivity index (χ4v) is 2.05. The van der Waals surface area contributed by atoms with Gasteiger partial charge in [-0.3, -0.25) is 0 Å². The molecule has 0 bridgehead atoms. The summed E-state index contributed by atoms with van der Waals surface area (Å²) in [5, 5.41) is 0.145. The third-order valence-electron chi connectivity index (χ3n) is 1.43. The van der Waals surface area contributed by atoms with E-state index in [1.807, 2.05) is 0 Å². The standard InChI is InChI=1S/C8H9ClN2O2S/c1-2-4-11-14(12,13)7-3-5-10-8(9)6-7/h2-3,5-6,11H,1,4H2. The number of halogens is 1. The number of nitrogens with one attached hydrogen (secondary N) is 1. The van der Waals surface area contributed by atoms with Crippen LogP contribution in [0.4, 0.5) is 0 Å². The maximum Gasteiger partial charge on any atom is 0.241 e. The second kappa shape index (κ2) is 4.54. The van der Waals surface area contributed by atoms with Gasteiger partial charge in [0, 0.05) is 12.7 Å². The van der Waals surface area contributed by atoms with Gasteiger partial charge in [-0.2, -0.15) is 0 Å². The molecule has 0 aliphatic carbocycles. The molecule has 1 heterocycles. The Hall–Kier alpha value is -0.910. The second-order valence-corrected chi connectivity index (χ2v) is 4.61. The molecule has 1 aromatic heterocycles. The molecule has 0 saturated heterocycles. The first-order valence-corrected chi connectivity index (χ1v) is 5.64. The van der Waals surface area contributed by atoms with Gasteiger partial charge >= 0.3 is 0 Å². The van der Waals surface area contributed by atoms with Crippen LogP contribution in [-0.2, 0) is 10.0 Å². The molecule has 0 amide bonds. The predicted octanol–water partition coefficient (Wildman–Crippen LogP) is 1.20. The minimum absolute atomic E-state index is 0.0966. The number of pyridine rings is 1. The van der Waals surface area contributed by atoms with Crippen molar-refractivity contribution in [3.63, 3.8) is 0 Å². The molecule has 1 aromatic rings. The molecule has 0 radical (unpaired) electrons. The van der Waals surface area contributed by atoms with Gasteiger partial charge in [0.2, 0.25) is 10.0 Å². The van der Waals surface area contributed by atoms with Crippen molar-refractivity contribution in [2.75, 3.05) is 6.54 Å². The SMILES string of the molecule is C=CCNS(=O)(=O)c1ccnc(Cl)c1. The van der Waals surface area contributed by atoms with Crippen molar-refractivity contribution in [3.05, 3.63) is 36.1 Å². The van der Waals surface area contributed by atoms with Gasteiger partial charge in [-0.15, -0.1) is 6.58 Å². The highest BCUT2D eigenvalue weighted by atomic mass is 35.5. The van der Waals surface area contributed by atoms with Crippen molar-refractivity contribution in [3.8, 4) is 0 Å². The van der Waals surface area contributed by atoms with Crippen molar-refractivity contribution in [1.29, 1.82) is 0 Å². The summed E-state index contributed by atoms with van der Waals surface area (Å²) in [6.45, 7) is 3.59. The molecule has 0 spiro atoms. The Labute approximate surface area is 87.7 Å². The number of nitrogens with zero attached hydrogens (tertiary/aromatic N) is 1. The van der Waals surface area contributed by atoms with E-state index in [9.17, 15) is 8.42 Å². The summed E-state index contributed by atoms with van der Waals surface area (Å²) in [5.41, 5.74) is 0. The molecule has 76 valence electrons. The number of rotatable bonds is 4. The molecule has 0 atom stereocenters. The van der Waals surface area contributed by atoms with Gasteiger partial charge in [0.1, 0.15) is 5.15 Å². The first kappa shape index (κ1) is 11.2. The Morgan fingerprint density at radius 3 is 2.93 bits per heavy atom. The van der Waals surface area contributed by atoms with Crippen LogP contribution in [-0.4, -0.2) is 19.9 Å². The summed E-state index contributed by atoms with van der Waals surface area (Å²) in [6.07, 6.45) is 2.80. The molecule has 1 rings (SSSR count). The van der Waals surface area contributed by atoms with Crippen molar-refractivity contribution in [1.82, 2.24) is 9.71 Å². The average Bonchev–Trinajstić information content (AvgIpc) is 2.15. The largest absolute Gasteiger partial charge is 0.244 e. The molecule has 0 saturated carbocycles. The van der Waals surface area contributed by atoms with Crippen LogP contribution in [0.15, 0.2) is 35.9 Å². The number of hydrogen-bond donors (Lipinski definition) is 1. The second-order valence-electron chi connectivity index (χ2n) is 2.45. The van der Waals surface area contributed by atoms with E-state index in [1.54, 1.807) is 0 Å². The lowest BCUT2D eigenvalue weighted by atomic mass is 10.5. The zero-order valence-electron chi connectivity index (χ0n) is 7.27. The molecule has 0 fully saturated rings. The molecular formula is C8H9ClN2O2S. The molecule has 0 aliphatic rings. The number of hydrogen-bond acceptors (Lipinski definition) is 3. The molecule has 4 nitrogen and oxygen atoms in total. The van der Waals surface area contributed by atoms with E-state index < -0.39 is 10.0 Å². The van der Waals surface area contributed by atoms with E-state index in [4.69, 9.17) is 11.6 Å². The molecule has 0 aliphatic heterocycles. The van der Waals surface area contributed by atoms with Crippen LogP contribution in [0.25, 0.3) is 0 Å². The quantitative estimate of drug-likeness (QED) is 0.627. The zero-order chi connectivity index (χ0) is 10.6. The van der Waals surface area contributed by atoms with Crippen LogP contribution in [0, 0.1) is 0 Å². The lowest BCUT2D eigenvalue weighted by Gasteiger charge is -2.03. The minimum atomic E-state index is -3.49. The average molecular weight is 233 g/mol. The predicted molar refractivity (Wildman–Crippen MR) is 54.6 cm³/mol. The Bertz CT molecular complexity index is 431. The fraction of sp³-hybridized carbons (Fsp3) is 0.125. The molecule has 14 heavy (non-hydrogen) atoms. The number of sulfonamides is 1. The van der Waals surface area contributed by atoms with Gasteiger partial charge < -0.3 is 0 Å². The highest BCUT2D eigenvalue weighted by Gasteiger charge is 2.12. The lowest BCUT2D eigenvalue weighted by Crippen LogP contribution is -2.23. The van der Waals surface area contributed by atoms with Crippen LogP contribution in [0.5, 0.6) is 0 Å². The Morgan fingerprint density at radius 1 is 1.64 bits per heavy atom. The van der Waals surface area contributed by atoms with Crippen LogP contribution in [0.3, 0.4) is 0 Å². The van der Waals surface area contributed by atoms with Crippen molar-refractivity contribution in [2.45, 2.75) is 4.90 Å². The normalized spacial score (nSPS) is 11.2. The number of aromatic nitrogens is 1. The van der Waals surface area contributed by atoms with E-state index in [0.717, 1.165) is 0 Å². The highest BCUT2D eigenvalue weighted by Crippen LogP contribution is 2.12. The third kappa shape index (κ3) is 2.80. The monoisotopic (exact) mass is 232 g/mol. The van der Waals surface area contributed by atoms with Crippen LogP contribution < -0.4 is 4.72 Å². The maximum absolute atomic E-state index is 11.5. The lowest BCUT2D eigenvalue weighted by molar-refractivity contribution is 0.585. The molecule has 1 N–H and O–H groups in total. The molecule has 6 heteroatoms. The van der Waals surface area contributed by atoms with E-state index in [0.29, 0.717) is 0 Å². The maximum atomic E-state index is 11.5. The van der Waals surface area contributed by atoms with Gasteiger partial charge in [-0.1, -0.05) is 17.7 Å². The van der Waals surface area contributed by atoms with Gasteiger partial charge in [-0.05, 0) is 12.1 Å². The van der Waals surface area contributed by atoms with E-state index >= 15 is 0 Å². The van der Waals surface area contributed by atoms with Gasteiger partial charge in [0.25, 0.3) is 0 Å². The van der Waals surface area contributed by atoms with Crippen LogP contribution >= 0.6 is 11.6 Å². The summed E-state index contributed by atoms with van der Waals surface area (Å²) < 4.78 is 25.3.